The third kappa shape index (κ3) is 6.82. The van der Waals surface area contributed by atoms with Gasteiger partial charge in [-0.2, -0.15) is 13.2 Å². The minimum Gasteiger partial charge on any atom is -0.381 e. The lowest BCUT2D eigenvalue weighted by Crippen LogP contribution is -2.50. The fourth-order valence-electron chi connectivity index (χ4n) is 2.44. The van der Waals surface area contributed by atoms with Gasteiger partial charge in [-0.3, -0.25) is 0 Å². The van der Waals surface area contributed by atoms with E-state index in [2.05, 4.69) is 20.6 Å². The number of halogens is 4. The number of rotatable bonds is 6. The van der Waals surface area contributed by atoms with Crippen LogP contribution in [0, 0.1) is 0 Å². The Morgan fingerprint density at radius 3 is 2.62 bits per heavy atom. The van der Waals surface area contributed by atoms with E-state index in [0.29, 0.717) is 37.3 Å². The zero-order valence-corrected chi connectivity index (χ0v) is 17.8. The van der Waals surface area contributed by atoms with E-state index in [1.165, 1.54) is 0 Å². The van der Waals surface area contributed by atoms with Gasteiger partial charge in [0.25, 0.3) is 0 Å². The third-order valence-electron chi connectivity index (χ3n) is 3.97. The molecule has 2 heterocycles. The number of hydrogen-bond donors (Lipinski definition) is 2. The molecule has 0 saturated carbocycles. The van der Waals surface area contributed by atoms with Crippen LogP contribution >= 0.6 is 35.3 Å². The van der Waals surface area contributed by atoms with E-state index in [1.807, 2.05) is 6.92 Å². The van der Waals surface area contributed by atoms with Crippen LogP contribution in [0.15, 0.2) is 10.4 Å². The molecule has 1 aromatic rings. The van der Waals surface area contributed by atoms with E-state index in [0.717, 1.165) is 29.6 Å². The van der Waals surface area contributed by atoms with Gasteiger partial charge in [-0.15, -0.1) is 35.3 Å². The van der Waals surface area contributed by atoms with Crippen LogP contribution in [0.5, 0.6) is 0 Å². The molecule has 1 aliphatic rings. The van der Waals surface area contributed by atoms with E-state index in [1.54, 1.807) is 7.11 Å². The van der Waals surface area contributed by atoms with Gasteiger partial charge in [0.15, 0.2) is 11.7 Å². The molecule has 1 aliphatic heterocycles. The minimum absolute atomic E-state index is 0. The molecule has 0 spiro atoms. The van der Waals surface area contributed by atoms with Crippen molar-refractivity contribution in [3.05, 3.63) is 16.1 Å². The average molecular weight is 508 g/mol. The number of alkyl halides is 3. The van der Waals surface area contributed by atoms with Crippen molar-refractivity contribution in [2.24, 2.45) is 4.99 Å². The van der Waals surface area contributed by atoms with Gasteiger partial charge in [-0.05, 0) is 6.92 Å². The maximum atomic E-state index is 12.6. The highest BCUT2D eigenvalue weighted by Gasteiger charge is 2.34. The summed E-state index contributed by atoms with van der Waals surface area (Å²) in [7, 11) is 1.67. The molecule has 0 aromatic carbocycles. The van der Waals surface area contributed by atoms with Crippen molar-refractivity contribution in [2.45, 2.75) is 38.1 Å². The van der Waals surface area contributed by atoms with Gasteiger partial charge < -0.3 is 20.1 Å². The van der Waals surface area contributed by atoms with Crippen molar-refractivity contribution in [2.75, 3.05) is 33.4 Å². The first-order chi connectivity index (χ1) is 11.9. The van der Waals surface area contributed by atoms with Gasteiger partial charge in [0, 0.05) is 51.6 Å². The van der Waals surface area contributed by atoms with E-state index in [4.69, 9.17) is 9.47 Å². The van der Waals surface area contributed by atoms with Crippen LogP contribution in [0.4, 0.5) is 13.2 Å². The lowest BCUT2D eigenvalue weighted by Gasteiger charge is -2.36. The molecule has 0 bridgehead atoms. The van der Waals surface area contributed by atoms with Gasteiger partial charge in [0.05, 0.1) is 12.1 Å². The molecule has 1 aromatic heterocycles. The zero-order chi connectivity index (χ0) is 18.3. The number of ether oxygens (including phenoxy) is 2. The Kier molecular flexibility index (Phi) is 9.55. The highest BCUT2D eigenvalue weighted by atomic mass is 127. The van der Waals surface area contributed by atoms with E-state index >= 15 is 0 Å². The molecule has 0 radical (unpaired) electrons. The second-order valence-corrected chi connectivity index (χ2v) is 6.62. The lowest BCUT2D eigenvalue weighted by molar-refractivity contribution is -0.140. The van der Waals surface area contributed by atoms with E-state index in [9.17, 15) is 13.2 Å². The summed E-state index contributed by atoms with van der Waals surface area (Å²) in [4.78, 5) is 7.90. The van der Waals surface area contributed by atoms with Crippen molar-refractivity contribution < 1.29 is 22.6 Å². The largest absolute Gasteiger partial charge is 0.434 e. The number of hydrogen-bond acceptors (Lipinski definition) is 5. The molecule has 0 atom stereocenters. The molecular formula is C15H24F3IN4O2S. The molecule has 2 rings (SSSR count). The Balaban J connectivity index is 0.00000338. The number of aromatic nitrogens is 1. The number of nitrogens with zero attached hydrogens (tertiary/aromatic N) is 2. The van der Waals surface area contributed by atoms with Crippen LogP contribution in [0.2, 0.25) is 0 Å². The molecule has 6 nitrogen and oxygen atoms in total. The summed E-state index contributed by atoms with van der Waals surface area (Å²) in [6.45, 7) is 4.47. The molecular weight excluding hydrogens is 484 g/mol. The number of methoxy groups -OCH3 is 1. The monoisotopic (exact) mass is 508 g/mol. The van der Waals surface area contributed by atoms with Crippen LogP contribution in [-0.2, 0) is 22.2 Å². The zero-order valence-electron chi connectivity index (χ0n) is 14.7. The maximum Gasteiger partial charge on any atom is 0.434 e. The Labute approximate surface area is 172 Å². The number of guanidine groups is 1. The minimum atomic E-state index is -4.42. The molecule has 26 heavy (non-hydrogen) atoms. The molecule has 150 valence electrons. The Morgan fingerprint density at radius 2 is 2.08 bits per heavy atom. The Morgan fingerprint density at radius 1 is 1.38 bits per heavy atom. The predicted molar refractivity (Wildman–Crippen MR) is 105 cm³/mol. The molecule has 0 aliphatic carbocycles. The quantitative estimate of drug-likeness (QED) is 0.352. The molecule has 2 N–H and O–H groups in total. The molecule has 0 amide bonds. The van der Waals surface area contributed by atoms with E-state index < -0.39 is 11.9 Å². The van der Waals surface area contributed by atoms with Gasteiger partial charge in [0.2, 0.25) is 0 Å². The predicted octanol–water partition coefficient (Wildman–Crippen LogP) is 3.03. The molecule has 0 unspecified atom stereocenters. The van der Waals surface area contributed by atoms with Crippen LogP contribution in [0.25, 0.3) is 0 Å². The van der Waals surface area contributed by atoms with Crippen molar-refractivity contribution >= 4 is 41.3 Å². The van der Waals surface area contributed by atoms with Crippen molar-refractivity contribution in [1.29, 1.82) is 0 Å². The van der Waals surface area contributed by atoms with Crippen molar-refractivity contribution in [3.8, 4) is 0 Å². The number of aliphatic imine (C=N–C) groups is 1. The highest BCUT2D eigenvalue weighted by molar-refractivity contribution is 14.0. The second-order valence-electron chi connectivity index (χ2n) is 5.67. The fourth-order valence-corrected chi connectivity index (χ4v) is 3.17. The fraction of sp³-hybridized carbons (Fsp3) is 0.733. The van der Waals surface area contributed by atoms with Gasteiger partial charge in [-0.25, -0.2) is 9.98 Å². The lowest BCUT2D eigenvalue weighted by atomic mass is 9.94. The summed E-state index contributed by atoms with van der Waals surface area (Å²) in [5, 5.41) is 7.60. The number of thiazole rings is 1. The summed E-state index contributed by atoms with van der Waals surface area (Å²) in [6, 6.07) is 0. The summed E-state index contributed by atoms with van der Waals surface area (Å²) in [5.41, 5.74) is -1.19. The van der Waals surface area contributed by atoms with E-state index in [-0.39, 0.29) is 36.1 Å². The first-order valence-corrected chi connectivity index (χ1v) is 8.93. The Bertz CT molecular complexity index is 577. The molecule has 11 heteroatoms. The van der Waals surface area contributed by atoms with Crippen molar-refractivity contribution in [1.82, 2.24) is 15.6 Å². The first-order valence-electron chi connectivity index (χ1n) is 8.05. The summed E-state index contributed by atoms with van der Waals surface area (Å²) < 4.78 is 48.8. The van der Waals surface area contributed by atoms with Crippen LogP contribution in [-0.4, -0.2) is 50.0 Å². The van der Waals surface area contributed by atoms with Crippen LogP contribution < -0.4 is 10.6 Å². The summed E-state index contributed by atoms with van der Waals surface area (Å²) in [6.07, 6.45) is -2.87. The van der Waals surface area contributed by atoms with Crippen LogP contribution in [0.3, 0.4) is 0 Å². The second kappa shape index (κ2) is 10.6. The number of nitrogens with one attached hydrogen (secondary N) is 2. The highest BCUT2D eigenvalue weighted by Crippen LogP contribution is 2.30. The van der Waals surface area contributed by atoms with Crippen LogP contribution in [0.1, 0.15) is 30.5 Å². The third-order valence-corrected chi connectivity index (χ3v) is 4.81. The topological polar surface area (TPSA) is 67.8 Å². The first kappa shape index (κ1) is 23.4. The van der Waals surface area contributed by atoms with Gasteiger partial charge in [0.1, 0.15) is 5.01 Å². The maximum absolute atomic E-state index is 12.6. The van der Waals surface area contributed by atoms with Crippen molar-refractivity contribution in [3.63, 3.8) is 0 Å². The van der Waals surface area contributed by atoms with Gasteiger partial charge >= 0.3 is 6.18 Å². The summed E-state index contributed by atoms with van der Waals surface area (Å²) >= 11 is 0.951. The normalized spacial score (nSPS) is 17.5. The molecule has 1 saturated heterocycles. The molecule has 1 fully saturated rings. The summed E-state index contributed by atoms with van der Waals surface area (Å²) in [5.74, 6) is 0.522. The average Bonchev–Trinajstić information content (AvgIpc) is 3.07. The Hall–Kier alpha value is -0.660. The SMILES string of the molecule is CCNC(=NCc1nc(C(F)(F)F)cs1)NCC1(OC)CCOCC1.I. The smallest absolute Gasteiger partial charge is 0.381 e. The van der Waals surface area contributed by atoms with Gasteiger partial charge in [-0.1, -0.05) is 0 Å². The standard InChI is InChI=1S/C15H23F3N4O2S.HI/c1-3-19-13(21-10-14(23-2)4-6-24-7-5-14)20-8-12-22-11(9-25-12)15(16,17)18;/h9H,3-8,10H2,1-2H3,(H2,19,20,21);1H.